The molecule has 8 heteroatoms. The molecule has 1 atom stereocenters. The summed E-state index contributed by atoms with van der Waals surface area (Å²) >= 11 is 0. The molecule has 0 radical (unpaired) electrons. The van der Waals surface area contributed by atoms with Crippen LogP contribution < -0.4 is 10.6 Å². The first-order valence-electron chi connectivity index (χ1n) is 8.01. The molecule has 0 saturated carbocycles. The molecule has 25 heavy (non-hydrogen) atoms. The fourth-order valence-corrected chi connectivity index (χ4v) is 4.38. The van der Waals surface area contributed by atoms with E-state index in [1.54, 1.807) is 0 Å². The molecule has 1 aromatic carbocycles. The number of rotatable bonds is 4. The zero-order chi connectivity index (χ0) is 18.0. The monoisotopic (exact) mass is 360 g/mol. The largest absolute Gasteiger partial charge is 0.347 e. The van der Waals surface area contributed by atoms with Crippen molar-refractivity contribution in [3.63, 3.8) is 0 Å². The second kappa shape index (κ2) is 6.79. The number of hydrogen-bond acceptors (Lipinski definition) is 6. The molecule has 7 nitrogen and oxygen atoms in total. The fraction of sp³-hybridized carbons (Fsp3) is 0.353. The SMILES string of the molecule is Cc1ccc(C)c(Nc2nccc(C(=O)NC3CCS(=O)(=O)C3)n2)c1. The van der Waals surface area contributed by atoms with Crippen molar-refractivity contribution >= 4 is 27.4 Å². The number of nitrogens with zero attached hydrogens (tertiary/aromatic N) is 2. The highest BCUT2D eigenvalue weighted by Gasteiger charge is 2.29. The lowest BCUT2D eigenvalue weighted by Gasteiger charge is -2.12. The Bertz CT molecular complexity index is 912. The number of hydrogen-bond donors (Lipinski definition) is 2. The van der Waals surface area contributed by atoms with E-state index in [0.29, 0.717) is 12.4 Å². The number of aromatic nitrogens is 2. The van der Waals surface area contributed by atoms with E-state index < -0.39 is 15.7 Å². The maximum Gasteiger partial charge on any atom is 0.270 e. The van der Waals surface area contributed by atoms with Crippen LogP contribution in [0, 0.1) is 13.8 Å². The van der Waals surface area contributed by atoms with Gasteiger partial charge in [-0.05, 0) is 43.5 Å². The molecular weight excluding hydrogens is 340 g/mol. The van der Waals surface area contributed by atoms with Gasteiger partial charge in [-0.1, -0.05) is 12.1 Å². The lowest BCUT2D eigenvalue weighted by Crippen LogP contribution is -2.36. The molecule has 1 aromatic heterocycles. The summed E-state index contributed by atoms with van der Waals surface area (Å²) in [7, 11) is -3.04. The Morgan fingerprint density at radius 2 is 2.04 bits per heavy atom. The Labute approximate surface area is 146 Å². The molecule has 2 aromatic rings. The summed E-state index contributed by atoms with van der Waals surface area (Å²) in [5.41, 5.74) is 3.22. The number of aryl methyl sites for hydroxylation is 2. The Hall–Kier alpha value is -2.48. The van der Waals surface area contributed by atoms with Crippen LogP contribution in [0.25, 0.3) is 0 Å². The highest BCUT2D eigenvalue weighted by Crippen LogP contribution is 2.19. The zero-order valence-electron chi connectivity index (χ0n) is 14.1. The van der Waals surface area contributed by atoms with E-state index in [-0.39, 0.29) is 23.2 Å². The van der Waals surface area contributed by atoms with Gasteiger partial charge in [0.15, 0.2) is 9.84 Å². The van der Waals surface area contributed by atoms with Gasteiger partial charge in [0.1, 0.15) is 5.69 Å². The van der Waals surface area contributed by atoms with E-state index in [9.17, 15) is 13.2 Å². The zero-order valence-corrected chi connectivity index (χ0v) is 14.9. The Morgan fingerprint density at radius 1 is 1.24 bits per heavy atom. The molecule has 0 bridgehead atoms. The predicted octanol–water partition coefficient (Wildman–Crippen LogP) is 1.75. The first-order valence-corrected chi connectivity index (χ1v) is 9.83. The smallest absolute Gasteiger partial charge is 0.270 e. The average Bonchev–Trinajstić information content (AvgIpc) is 2.90. The number of nitrogens with one attached hydrogen (secondary N) is 2. The predicted molar refractivity (Wildman–Crippen MR) is 95.8 cm³/mol. The van der Waals surface area contributed by atoms with E-state index in [1.807, 2.05) is 32.0 Å². The molecule has 1 saturated heterocycles. The van der Waals surface area contributed by atoms with Gasteiger partial charge >= 0.3 is 0 Å². The minimum atomic E-state index is -3.04. The molecule has 1 fully saturated rings. The summed E-state index contributed by atoms with van der Waals surface area (Å²) < 4.78 is 23.0. The summed E-state index contributed by atoms with van der Waals surface area (Å²) in [6.07, 6.45) is 1.94. The number of amides is 1. The minimum absolute atomic E-state index is 0.0165. The standard InChI is InChI=1S/C17H20N4O3S/c1-11-3-4-12(2)15(9-11)21-17-18-7-5-14(20-17)16(22)19-13-6-8-25(23,24)10-13/h3-5,7,9,13H,6,8,10H2,1-2H3,(H,19,22)(H,18,20,21). The van der Waals surface area contributed by atoms with Crippen molar-refractivity contribution in [1.82, 2.24) is 15.3 Å². The van der Waals surface area contributed by atoms with Crippen LogP contribution in [0.15, 0.2) is 30.5 Å². The van der Waals surface area contributed by atoms with Crippen molar-refractivity contribution in [2.24, 2.45) is 0 Å². The molecule has 2 heterocycles. The van der Waals surface area contributed by atoms with Crippen molar-refractivity contribution in [1.29, 1.82) is 0 Å². The van der Waals surface area contributed by atoms with Gasteiger partial charge < -0.3 is 10.6 Å². The van der Waals surface area contributed by atoms with E-state index in [1.165, 1.54) is 12.3 Å². The Morgan fingerprint density at radius 3 is 2.76 bits per heavy atom. The van der Waals surface area contributed by atoms with Gasteiger partial charge in [0.05, 0.1) is 11.5 Å². The summed E-state index contributed by atoms with van der Waals surface area (Å²) in [5, 5.41) is 5.84. The molecule has 1 amide bonds. The number of anilines is 2. The van der Waals surface area contributed by atoms with Crippen LogP contribution in [0.2, 0.25) is 0 Å². The third-order valence-electron chi connectivity index (χ3n) is 4.10. The molecule has 2 N–H and O–H groups in total. The van der Waals surface area contributed by atoms with E-state index >= 15 is 0 Å². The molecule has 3 rings (SSSR count). The first-order chi connectivity index (χ1) is 11.8. The van der Waals surface area contributed by atoms with Crippen LogP contribution >= 0.6 is 0 Å². The molecule has 0 aliphatic carbocycles. The van der Waals surface area contributed by atoms with Gasteiger partial charge in [0.25, 0.3) is 5.91 Å². The van der Waals surface area contributed by atoms with Crippen LogP contribution in [0.1, 0.15) is 28.0 Å². The van der Waals surface area contributed by atoms with Gasteiger partial charge in [0.2, 0.25) is 5.95 Å². The van der Waals surface area contributed by atoms with Gasteiger partial charge in [-0.2, -0.15) is 0 Å². The highest BCUT2D eigenvalue weighted by molar-refractivity contribution is 7.91. The molecule has 1 aliphatic rings. The third kappa shape index (κ3) is 4.33. The van der Waals surface area contributed by atoms with Gasteiger partial charge in [-0.25, -0.2) is 18.4 Å². The summed E-state index contributed by atoms with van der Waals surface area (Å²) in [4.78, 5) is 20.7. The molecule has 132 valence electrons. The normalized spacial score (nSPS) is 18.7. The fourth-order valence-electron chi connectivity index (χ4n) is 2.70. The van der Waals surface area contributed by atoms with Gasteiger partial charge in [-0.15, -0.1) is 0 Å². The van der Waals surface area contributed by atoms with Crippen LogP contribution in [-0.4, -0.2) is 41.8 Å². The number of sulfone groups is 1. The van der Waals surface area contributed by atoms with Crippen LogP contribution in [0.4, 0.5) is 11.6 Å². The average molecular weight is 360 g/mol. The number of carbonyl (C=O) groups excluding carboxylic acids is 1. The van der Waals surface area contributed by atoms with E-state index in [4.69, 9.17) is 0 Å². The maximum absolute atomic E-state index is 12.3. The van der Waals surface area contributed by atoms with Gasteiger partial charge in [0, 0.05) is 17.9 Å². The van der Waals surface area contributed by atoms with E-state index in [2.05, 4.69) is 20.6 Å². The number of benzene rings is 1. The number of carbonyl (C=O) groups is 1. The van der Waals surface area contributed by atoms with Crippen LogP contribution in [0.3, 0.4) is 0 Å². The second-order valence-corrected chi connectivity index (χ2v) is 8.51. The summed E-state index contributed by atoms with van der Waals surface area (Å²) in [5.74, 6) is 0.0207. The highest BCUT2D eigenvalue weighted by atomic mass is 32.2. The Balaban J connectivity index is 1.73. The topological polar surface area (TPSA) is 101 Å². The Kier molecular flexibility index (Phi) is 4.71. The van der Waals surface area contributed by atoms with Crippen molar-refractivity contribution in [3.05, 3.63) is 47.3 Å². The second-order valence-electron chi connectivity index (χ2n) is 6.28. The first kappa shape index (κ1) is 17.3. The van der Waals surface area contributed by atoms with Gasteiger partial charge in [-0.3, -0.25) is 4.79 Å². The summed E-state index contributed by atoms with van der Waals surface area (Å²) in [6, 6.07) is 7.14. The molecule has 1 aliphatic heterocycles. The van der Waals surface area contributed by atoms with Crippen molar-refractivity contribution in [2.75, 3.05) is 16.8 Å². The van der Waals surface area contributed by atoms with Crippen molar-refractivity contribution in [3.8, 4) is 0 Å². The maximum atomic E-state index is 12.3. The molecule has 1 unspecified atom stereocenters. The quantitative estimate of drug-likeness (QED) is 0.861. The van der Waals surface area contributed by atoms with Crippen LogP contribution in [0.5, 0.6) is 0 Å². The molecular formula is C17H20N4O3S. The lowest BCUT2D eigenvalue weighted by molar-refractivity contribution is 0.0936. The van der Waals surface area contributed by atoms with Crippen molar-refractivity contribution < 1.29 is 13.2 Å². The van der Waals surface area contributed by atoms with Crippen LogP contribution in [-0.2, 0) is 9.84 Å². The summed E-state index contributed by atoms with van der Waals surface area (Å²) in [6.45, 7) is 3.96. The lowest BCUT2D eigenvalue weighted by atomic mass is 10.1. The third-order valence-corrected chi connectivity index (χ3v) is 5.86. The van der Waals surface area contributed by atoms with Crippen molar-refractivity contribution in [2.45, 2.75) is 26.3 Å². The molecule has 0 spiro atoms. The minimum Gasteiger partial charge on any atom is -0.347 e. The van der Waals surface area contributed by atoms with E-state index in [0.717, 1.165) is 16.8 Å².